The Bertz CT molecular complexity index is 455. The molecule has 4 heteroatoms. The van der Waals surface area contributed by atoms with Crippen molar-refractivity contribution in [2.75, 3.05) is 11.4 Å². The molecule has 1 aliphatic heterocycles. The van der Waals surface area contributed by atoms with E-state index in [9.17, 15) is 0 Å². The van der Waals surface area contributed by atoms with Crippen molar-refractivity contribution in [3.8, 4) is 6.07 Å². The van der Waals surface area contributed by atoms with Gasteiger partial charge in [0.05, 0.1) is 16.7 Å². The summed E-state index contributed by atoms with van der Waals surface area (Å²) in [4.78, 5) is 2.17. The number of ether oxygens (including phenoxy) is 1. The van der Waals surface area contributed by atoms with Crippen LogP contribution in [0.5, 0.6) is 0 Å². The van der Waals surface area contributed by atoms with Crippen molar-refractivity contribution >= 4 is 17.3 Å². The molecule has 0 amide bonds. The van der Waals surface area contributed by atoms with Gasteiger partial charge in [0.15, 0.2) is 0 Å². The van der Waals surface area contributed by atoms with Crippen molar-refractivity contribution in [1.82, 2.24) is 0 Å². The van der Waals surface area contributed by atoms with Crippen molar-refractivity contribution in [1.29, 1.82) is 5.26 Å². The number of nitrogens with zero attached hydrogens (tertiary/aromatic N) is 2. The second-order valence-electron chi connectivity index (χ2n) is 4.19. The van der Waals surface area contributed by atoms with Gasteiger partial charge in [-0.15, -0.1) is 0 Å². The first-order chi connectivity index (χ1) is 8.15. The van der Waals surface area contributed by atoms with Gasteiger partial charge in [-0.05, 0) is 31.5 Å². The van der Waals surface area contributed by atoms with E-state index < -0.39 is 0 Å². The number of hydrogen-bond donors (Lipinski definition) is 0. The molecule has 1 fully saturated rings. The molecule has 0 aromatic heterocycles. The standard InChI is InChI=1S/C13H15ClN2O/c1-3-12-8-16(9(2)17-12)11-5-4-10(7-15)13(14)6-11/h4-6,9,12H,3,8H2,1-2H3/t9-,12+/m0/s1. The number of anilines is 1. The fourth-order valence-corrected chi connectivity index (χ4v) is 2.29. The molecule has 0 bridgehead atoms. The molecule has 0 aliphatic carbocycles. The minimum Gasteiger partial charge on any atom is -0.354 e. The molecule has 1 aromatic carbocycles. The molecule has 0 saturated carbocycles. The van der Waals surface area contributed by atoms with Gasteiger partial charge >= 0.3 is 0 Å². The molecule has 2 atom stereocenters. The van der Waals surface area contributed by atoms with Crippen molar-refractivity contribution in [2.45, 2.75) is 32.6 Å². The van der Waals surface area contributed by atoms with Gasteiger partial charge in [-0.25, -0.2) is 0 Å². The van der Waals surface area contributed by atoms with Crippen LogP contribution < -0.4 is 4.90 Å². The average molecular weight is 251 g/mol. The molecule has 90 valence electrons. The SMILES string of the molecule is CC[C@@H]1CN(c2ccc(C#N)c(Cl)c2)[C@H](C)O1. The van der Waals surface area contributed by atoms with Crippen LogP contribution in [0.3, 0.4) is 0 Å². The van der Waals surface area contributed by atoms with E-state index >= 15 is 0 Å². The Balaban J connectivity index is 2.24. The highest BCUT2D eigenvalue weighted by Crippen LogP contribution is 2.29. The lowest BCUT2D eigenvalue weighted by molar-refractivity contribution is 0.0576. The van der Waals surface area contributed by atoms with Crippen LogP contribution in [0.2, 0.25) is 5.02 Å². The van der Waals surface area contributed by atoms with Crippen LogP contribution in [-0.4, -0.2) is 18.9 Å². The Hall–Kier alpha value is -1.24. The van der Waals surface area contributed by atoms with Crippen LogP contribution in [0.15, 0.2) is 18.2 Å². The van der Waals surface area contributed by atoms with Crippen LogP contribution in [0.25, 0.3) is 0 Å². The third kappa shape index (κ3) is 2.38. The summed E-state index contributed by atoms with van der Waals surface area (Å²) in [5.41, 5.74) is 1.52. The summed E-state index contributed by atoms with van der Waals surface area (Å²) in [7, 11) is 0. The van der Waals surface area contributed by atoms with Gasteiger partial charge in [0.2, 0.25) is 0 Å². The molecule has 0 unspecified atom stereocenters. The zero-order chi connectivity index (χ0) is 12.4. The highest BCUT2D eigenvalue weighted by Gasteiger charge is 2.28. The monoisotopic (exact) mass is 250 g/mol. The predicted octanol–water partition coefficient (Wildman–Crippen LogP) is 3.17. The highest BCUT2D eigenvalue weighted by molar-refractivity contribution is 6.32. The van der Waals surface area contributed by atoms with Gasteiger partial charge in [0.25, 0.3) is 0 Å². The second-order valence-corrected chi connectivity index (χ2v) is 4.60. The first-order valence-corrected chi connectivity index (χ1v) is 6.15. The third-order valence-electron chi connectivity index (χ3n) is 3.09. The van der Waals surface area contributed by atoms with E-state index in [-0.39, 0.29) is 12.3 Å². The topological polar surface area (TPSA) is 36.3 Å². The molecule has 1 saturated heterocycles. The van der Waals surface area contributed by atoms with Gasteiger partial charge in [-0.1, -0.05) is 18.5 Å². The minimum absolute atomic E-state index is 0.0592. The molecule has 1 aliphatic rings. The number of nitriles is 1. The summed E-state index contributed by atoms with van der Waals surface area (Å²) >= 11 is 6.04. The summed E-state index contributed by atoms with van der Waals surface area (Å²) in [5.74, 6) is 0. The predicted molar refractivity (Wildman–Crippen MR) is 68.1 cm³/mol. The van der Waals surface area contributed by atoms with Crippen LogP contribution >= 0.6 is 11.6 Å². The molecule has 0 N–H and O–H groups in total. The molecular formula is C13H15ClN2O. The van der Waals surface area contributed by atoms with Gasteiger partial charge in [-0.2, -0.15) is 5.26 Å². The molecule has 0 spiro atoms. The maximum absolute atomic E-state index is 8.83. The molecule has 1 heterocycles. The quantitative estimate of drug-likeness (QED) is 0.809. The third-order valence-corrected chi connectivity index (χ3v) is 3.40. The fourth-order valence-electron chi connectivity index (χ4n) is 2.08. The minimum atomic E-state index is 0.0592. The van der Waals surface area contributed by atoms with Gasteiger partial charge in [-0.3, -0.25) is 0 Å². The number of benzene rings is 1. The Labute approximate surface area is 107 Å². The van der Waals surface area contributed by atoms with Gasteiger partial charge in [0.1, 0.15) is 12.3 Å². The molecule has 17 heavy (non-hydrogen) atoms. The van der Waals surface area contributed by atoms with E-state index in [0.29, 0.717) is 10.6 Å². The zero-order valence-corrected chi connectivity index (χ0v) is 10.7. The van der Waals surface area contributed by atoms with Crippen molar-refractivity contribution in [3.05, 3.63) is 28.8 Å². The summed E-state index contributed by atoms with van der Waals surface area (Å²) in [6.45, 7) is 5.02. The maximum Gasteiger partial charge on any atom is 0.127 e. The number of hydrogen-bond acceptors (Lipinski definition) is 3. The maximum atomic E-state index is 8.83. The number of halogens is 1. The Morgan fingerprint density at radius 1 is 1.59 bits per heavy atom. The summed E-state index contributed by atoms with van der Waals surface area (Å²) < 4.78 is 5.79. The summed E-state index contributed by atoms with van der Waals surface area (Å²) in [5, 5.41) is 9.33. The zero-order valence-electron chi connectivity index (χ0n) is 9.98. The fraction of sp³-hybridized carbons (Fsp3) is 0.462. The normalized spacial score (nSPS) is 23.8. The molecular weight excluding hydrogens is 236 g/mol. The van der Waals surface area contributed by atoms with Crippen molar-refractivity contribution in [2.24, 2.45) is 0 Å². The van der Waals surface area contributed by atoms with E-state index in [1.807, 2.05) is 19.1 Å². The largest absolute Gasteiger partial charge is 0.354 e. The van der Waals surface area contributed by atoms with Crippen molar-refractivity contribution < 1.29 is 4.74 Å². The first kappa shape index (κ1) is 12.2. The van der Waals surface area contributed by atoms with E-state index in [1.54, 1.807) is 6.07 Å². The lowest BCUT2D eigenvalue weighted by atomic mass is 10.2. The van der Waals surface area contributed by atoms with E-state index in [4.69, 9.17) is 21.6 Å². The Kier molecular flexibility index (Phi) is 3.56. The summed E-state index contributed by atoms with van der Waals surface area (Å²) in [6, 6.07) is 7.57. The molecule has 1 aromatic rings. The van der Waals surface area contributed by atoms with Crippen molar-refractivity contribution in [3.63, 3.8) is 0 Å². The van der Waals surface area contributed by atoms with Gasteiger partial charge in [0, 0.05) is 12.2 Å². The number of rotatable bonds is 2. The molecule has 0 radical (unpaired) electrons. The van der Waals surface area contributed by atoms with E-state index in [1.165, 1.54) is 0 Å². The van der Waals surface area contributed by atoms with Crippen LogP contribution in [0, 0.1) is 11.3 Å². The summed E-state index contributed by atoms with van der Waals surface area (Å²) in [6.07, 6.45) is 1.34. The lowest BCUT2D eigenvalue weighted by Gasteiger charge is -2.22. The Morgan fingerprint density at radius 3 is 2.88 bits per heavy atom. The van der Waals surface area contributed by atoms with Crippen LogP contribution in [0.1, 0.15) is 25.8 Å². The highest BCUT2D eigenvalue weighted by atomic mass is 35.5. The smallest absolute Gasteiger partial charge is 0.127 e. The van der Waals surface area contributed by atoms with Gasteiger partial charge < -0.3 is 9.64 Å². The molecule has 3 nitrogen and oxygen atoms in total. The van der Waals surface area contributed by atoms with E-state index in [0.717, 1.165) is 18.7 Å². The Morgan fingerprint density at radius 2 is 2.35 bits per heavy atom. The first-order valence-electron chi connectivity index (χ1n) is 5.77. The van der Waals surface area contributed by atoms with E-state index in [2.05, 4.69) is 17.9 Å². The molecule has 2 rings (SSSR count). The van der Waals surface area contributed by atoms with Crippen LogP contribution in [-0.2, 0) is 4.74 Å². The van der Waals surface area contributed by atoms with Crippen LogP contribution in [0.4, 0.5) is 5.69 Å². The second kappa shape index (κ2) is 4.95. The lowest BCUT2D eigenvalue weighted by Crippen LogP contribution is -2.27. The average Bonchev–Trinajstić information content (AvgIpc) is 2.70.